The molecule has 1 aromatic rings. The third-order valence-corrected chi connectivity index (χ3v) is 3.52. The Kier molecular flexibility index (Phi) is 5.38. The summed E-state index contributed by atoms with van der Waals surface area (Å²) in [4.78, 5) is 12.4. The fourth-order valence-corrected chi connectivity index (χ4v) is 1.96. The van der Waals surface area contributed by atoms with Crippen molar-refractivity contribution in [3.05, 3.63) is 28.0 Å². The topological polar surface area (TPSA) is 46.5 Å². The van der Waals surface area contributed by atoms with Gasteiger partial charge in [0.15, 0.2) is 0 Å². The van der Waals surface area contributed by atoms with Crippen LogP contribution in [0, 0.1) is 5.92 Å². The lowest BCUT2D eigenvalue weighted by Gasteiger charge is -2.15. The van der Waals surface area contributed by atoms with Gasteiger partial charge in [-0.15, -0.1) is 11.3 Å². The highest BCUT2D eigenvalue weighted by Gasteiger charge is 2.07. The van der Waals surface area contributed by atoms with Crippen molar-refractivity contribution < 1.29 is 14.6 Å². The van der Waals surface area contributed by atoms with Gasteiger partial charge in [-0.1, -0.05) is 13.8 Å². The van der Waals surface area contributed by atoms with E-state index in [0.717, 1.165) is 15.8 Å². The summed E-state index contributed by atoms with van der Waals surface area (Å²) < 4.78 is 5.70. The Hall–Kier alpha value is -1.13. The first-order chi connectivity index (χ1) is 7.99. The lowest BCUT2D eigenvalue weighted by atomic mass is 10.1. The van der Waals surface area contributed by atoms with Crippen LogP contribution in [0.15, 0.2) is 18.2 Å². The molecule has 0 amide bonds. The van der Waals surface area contributed by atoms with Crippen molar-refractivity contribution in [1.29, 1.82) is 0 Å². The van der Waals surface area contributed by atoms with Crippen LogP contribution in [0.25, 0.3) is 6.08 Å². The summed E-state index contributed by atoms with van der Waals surface area (Å²) in [6.07, 6.45) is 2.98. The molecule has 0 aliphatic heterocycles. The molecule has 1 rings (SSSR count). The number of aliphatic carboxylic acids is 1. The van der Waals surface area contributed by atoms with Gasteiger partial charge in [0.2, 0.25) is 0 Å². The van der Waals surface area contributed by atoms with Crippen LogP contribution in [-0.2, 0) is 16.1 Å². The van der Waals surface area contributed by atoms with E-state index in [0.29, 0.717) is 12.5 Å². The molecule has 0 fully saturated rings. The quantitative estimate of drug-likeness (QED) is 0.791. The minimum absolute atomic E-state index is 0.232. The highest BCUT2D eigenvalue weighted by atomic mass is 32.1. The third-order valence-electron chi connectivity index (χ3n) is 2.50. The van der Waals surface area contributed by atoms with E-state index in [1.54, 1.807) is 17.4 Å². The number of carbonyl (C=O) groups is 1. The number of thiophene rings is 1. The molecule has 94 valence electrons. The maximum Gasteiger partial charge on any atom is 0.328 e. The molecular weight excluding hydrogens is 236 g/mol. The molecule has 0 aromatic carbocycles. The van der Waals surface area contributed by atoms with Crippen LogP contribution in [0.1, 0.15) is 30.5 Å². The molecule has 0 saturated carbocycles. The summed E-state index contributed by atoms with van der Waals surface area (Å²) in [7, 11) is 0. The van der Waals surface area contributed by atoms with Crippen molar-refractivity contribution in [3.63, 3.8) is 0 Å². The smallest absolute Gasteiger partial charge is 0.328 e. The van der Waals surface area contributed by atoms with Crippen LogP contribution in [-0.4, -0.2) is 17.2 Å². The Morgan fingerprint density at radius 2 is 2.18 bits per heavy atom. The zero-order valence-electron chi connectivity index (χ0n) is 10.3. The fourth-order valence-electron chi connectivity index (χ4n) is 1.12. The Balaban J connectivity index is 2.48. The third kappa shape index (κ3) is 5.15. The summed E-state index contributed by atoms with van der Waals surface area (Å²) in [6.45, 7) is 6.90. The number of carboxylic acid groups (broad SMARTS) is 1. The number of ether oxygens (including phenoxy) is 1. The van der Waals surface area contributed by atoms with Crippen molar-refractivity contribution in [3.8, 4) is 0 Å². The molecule has 17 heavy (non-hydrogen) atoms. The highest BCUT2D eigenvalue weighted by Crippen LogP contribution is 2.20. The fraction of sp³-hybridized carbons (Fsp3) is 0.462. The second-order valence-electron chi connectivity index (χ2n) is 4.24. The largest absolute Gasteiger partial charge is 0.478 e. The predicted molar refractivity (Wildman–Crippen MR) is 70.1 cm³/mol. The van der Waals surface area contributed by atoms with Gasteiger partial charge in [0.25, 0.3) is 0 Å². The second kappa shape index (κ2) is 6.57. The minimum Gasteiger partial charge on any atom is -0.478 e. The molecule has 4 heteroatoms. The van der Waals surface area contributed by atoms with Crippen molar-refractivity contribution in [2.75, 3.05) is 0 Å². The van der Waals surface area contributed by atoms with Crippen molar-refractivity contribution >= 4 is 23.4 Å². The monoisotopic (exact) mass is 254 g/mol. The van der Waals surface area contributed by atoms with Crippen LogP contribution >= 0.6 is 11.3 Å². The van der Waals surface area contributed by atoms with Crippen molar-refractivity contribution in [2.24, 2.45) is 5.92 Å². The van der Waals surface area contributed by atoms with E-state index in [2.05, 4.69) is 20.8 Å². The summed E-state index contributed by atoms with van der Waals surface area (Å²) in [5.74, 6) is -0.425. The van der Waals surface area contributed by atoms with E-state index in [1.807, 2.05) is 12.1 Å². The first-order valence-electron chi connectivity index (χ1n) is 5.60. The molecule has 1 unspecified atom stereocenters. The van der Waals surface area contributed by atoms with Gasteiger partial charge in [-0.2, -0.15) is 0 Å². The predicted octanol–water partition coefficient (Wildman–Crippen LogP) is 3.41. The minimum atomic E-state index is -0.926. The molecule has 1 aromatic heterocycles. The van der Waals surface area contributed by atoms with Gasteiger partial charge >= 0.3 is 5.97 Å². The van der Waals surface area contributed by atoms with E-state index in [4.69, 9.17) is 9.84 Å². The number of hydrogen-bond acceptors (Lipinski definition) is 3. The number of rotatable bonds is 6. The average molecular weight is 254 g/mol. The normalized spacial score (nSPS) is 13.4. The molecule has 0 spiro atoms. The van der Waals surface area contributed by atoms with Gasteiger partial charge in [0.05, 0.1) is 12.7 Å². The molecule has 3 nitrogen and oxygen atoms in total. The molecule has 0 aliphatic rings. The summed E-state index contributed by atoms with van der Waals surface area (Å²) in [5, 5.41) is 8.51. The highest BCUT2D eigenvalue weighted by molar-refractivity contribution is 7.12. The Morgan fingerprint density at radius 1 is 1.47 bits per heavy atom. The standard InChI is InChI=1S/C13H18O3S/c1-9(2)10(3)16-8-12-5-4-11(17-12)6-7-13(14)15/h4-7,9-10H,8H2,1-3H3,(H,14,15). The van der Waals surface area contributed by atoms with E-state index in [1.165, 1.54) is 0 Å². The molecular formula is C13H18O3S. The summed E-state index contributed by atoms with van der Waals surface area (Å²) in [6, 6.07) is 3.88. The molecule has 1 atom stereocenters. The molecule has 0 aliphatic carbocycles. The molecule has 0 saturated heterocycles. The summed E-state index contributed by atoms with van der Waals surface area (Å²) in [5.41, 5.74) is 0. The van der Waals surface area contributed by atoms with Crippen LogP contribution < -0.4 is 0 Å². The van der Waals surface area contributed by atoms with E-state index >= 15 is 0 Å². The first-order valence-corrected chi connectivity index (χ1v) is 6.42. The summed E-state index contributed by atoms with van der Waals surface area (Å²) >= 11 is 1.55. The first kappa shape index (κ1) is 13.9. The maximum absolute atomic E-state index is 10.4. The zero-order chi connectivity index (χ0) is 12.8. The zero-order valence-corrected chi connectivity index (χ0v) is 11.2. The maximum atomic E-state index is 10.4. The van der Waals surface area contributed by atoms with E-state index in [-0.39, 0.29) is 6.10 Å². The molecule has 0 radical (unpaired) electrons. The van der Waals surface area contributed by atoms with E-state index in [9.17, 15) is 4.79 Å². The molecule has 1 heterocycles. The van der Waals surface area contributed by atoms with Crippen LogP contribution in [0.3, 0.4) is 0 Å². The lowest BCUT2D eigenvalue weighted by molar-refractivity contribution is -0.131. The Labute approximate surface area is 106 Å². The van der Waals surface area contributed by atoms with Gasteiger partial charge in [-0.25, -0.2) is 4.79 Å². The van der Waals surface area contributed by atoms with Gasteiger partial charge in [0.1, 0.15) is 0 Å². The van der Waals surface area contributed by atoms with Crippen LogP contribution in [0.2, 0.25) is 0 Å². The molecule has 0 bridgehead atoms. The second-order valence-corrected chi connectivity index (χ2v) is 5.44. The average Bonchev–Trinajstić information content (AvgIpc) is 2.70. The number of carboxylic acids is 1. The van der Waals surface area contributed by atoms with Gasteiger partial charge in [-0.3, -0.25) is 0 Å². The van der Waals surface area contributed by atoms with Gasteiger partial charge in [0, 0.05) is 15.8 Å². The Morgan fingerprint density at radius 3 is 2.76 bits per heavy atom. The van der Waals surface area contributed by atoms with Crippen LogP contribution in [0.5, 0.6) is 0 Å². The SMILES string of the molecule is CC(C)C(C)OCc1ccc(C=CC(=O)O)s1. The van der Waals surface area contributed by atoms with Crippen molar-refractivity contribution in [2.45, 2.75) is 33.5 Å². The molecule has 1 N–H and O–H groups in total. The van der Waals surface area contributed by atoms with Crippen LogP contribution in [0.4, 0.5) is 0 Å². The van der Waals surface area contributed by atoms with Gasteiger partial charge < -0.3 is 9.84 Å². The van der Waals surface area contributed by atoms with Gasteiger partial charge in [-0.05, 0) is 31.1 Å². The lowest BCUT2D eigenvalue weighted by Crippen LogP contribution is -2.14. The Bertz CT molecular complexity index is 393. The number of hydrogen-bond donors (Lipinski definition) is 1. The van der Waals surface area contributed by atoms with E-state index < -0.39 is 5.97 Å². The van der Waals surface area contributed by atoms with Crippen molar-refractivity contribution in [1.82, 2.24) is 0 Å².